The third kappa shape index (κ3) is 2.05. The van der Waals surface area contributed by atoms with Crippen LogP contribution in [-0.4, -0.2) is 17.6 Å². The molecular formula is C15H13F3N2O. The minimum atomic E-state index is -1.21. The maximum atomic E-state index is 14.2. The van der Waals surface area contributed by atoms with E-state index in [9.17, 15) is 13.2 Å². The van der Waals surface area contributed by atoms with Crippen LogP contribution in [0, 0.1) is 17.5 Å². The van der Waals surface area contributed by atoms with Gasteiger partial charge in [-0.15, -0.1) is 0 Å². The fourth-order valence-electron chi connectivity index (χ4n) is 2.72. The van der Waals surface area contributed by atoms with E-state index in [1.54, 1.807) is 0 Å². The van der Waals surface area contributed by atoms with Crippen molar-refractivity contribution < 1.29 is 17.9 Å². The van der Waals surface area contributed by atoms with Crippen molar-refractivity contribution in [3.05, 3.63) is 34.8 Å². The molecule has 0 saturated heterocycles. The maximum absolute atomic E-state index is 14.2. The lowest BCUT2D eigenvalue weighted by Gasteiger charge is -2.22. The Bertz CT molecular complexity index is 744. The lowest BCUT2D eigenvalue weighted by Crippen LogP contribution is -2.17. The van der Waals surface area contributed by atoms with Crippen molar-refractivity contribution in [2.45, 2.75) is 31.9 Å². The largest absolute Gasteiger partial charge is 0.381 e. The number of hydrogen-bond donors (Lipinski definition) is 1. The number of halogens is 3. The van der Waals surface area contributed by atoms with Gasteiger partial charge >= 0.3 is 0 Å². The Morgan fingerprint density at radius 1 is 1.19 bits per heavy atom. The molecule has 0 radical (unpaired) electrons. The highest BCUT2D eigenvalue weighted by Crippen LogP contribution is 2.37. The lowest BCUT2D eigenvalue weighted by atomic mass is 10.0. The number of anilines is 1. The summed E-state index contributed by atoms with van der Waals surface area (Å²) in [6, 6.07) is 0.835. The quantitative estimate of drug-likeness (QED) is 0.863. The van der Waals surface area contributed by atoms with E-state index in [2.05, 4.69) is 10.3 Å². The van der Waals surface area contributed by atoms with Crippen LogP contribution in [0.25, 0.3) is 10.9 Å². The molecule has 2 aromatic rings. The van der Waals surface area contributed by atoms with Crippen molar-refractivity contribution in [2.24, 2.45) is 0 Å². The van der Waals surface area contributed by atoms with Gasteiger partial charge in [-0.2, -0.15) is 0 Å². The van der Waals surface area contributed by atoms with E-state index >= 15 is 0 Å². The van der Waals surface area contributed by atoms with Gasteiger partial charge in [0.25, 0.3) is 0 Å². The summed E-state index contributed by atoms with van der Waals surface area (Å²) in [5.74, 6) is -3.11. The number of benzene rings is 1. The van der Waals surface area contributed by atoms with Gasteiger partial charge in [-0.1, -0.05) is 0 Å². The molecule has 2 heterocycles. The average molecular weight is 294 g/mol. The number of pyridine rings is 1. The lowest BCUT2D eigenvalue weighted by molar-refractivity contribution is 0.110. The van der Waals surface area contributed by atoms with Gasteiger partial charge < -0.3 is 10.1 Å². The van der Waals surface area contributed by atoms with Crippen molar-refractivity contribution >= 4 is 16.6 Å². The predicted molar refractivity (Wildman–Crippen MR) is 71.6 cm³/mol. The second-order valence-electron chi connectivity index (χ2n) is 5.51. The summed E-state index contributed by atoms with van der Waals surface area (Å²) in [6.07, 6.45) is 2.50. The van der Waals surface area contributed by atoms with E-state index in [0.717, 1.165) is 18.4 Å². The molecule has 0 spiro atoms. The summed E-state index contributed by atoms with van der Waals surface area (Å²) in [6.45, 7) is 0.791. The highest BCUT2D eigenvalue weighted by Gasteiger charge is 2.28. The molecule has 1 aromatic carbocycles. The highest BCUT2D eigenvalue weighted by molar-refractivity contribution is 5.94. The average Bonchev–Trinajstić information content (AvgIpc) is 3.28. The molecule has 110 valence electrons. The van der Waals surface area contributed by atoms with Crippen LogP contribution in [-0.2, 0) is 17.8 Å². The second kappa shape index (κ2) is 4.59. The molecular weight excluding hydrogens is 281 g/mol. The Morgan fingerprint density at radius 3 is 2.76 bits per heavy atom. The Morgan fingerprint density at radius 2 is 2.00 bits per heavy atom. The van der Waals surface area contributed by atoms with Crippen LogP contribution >= 0.6 is 0 Å². The van der Waals surface area contributed by atoms with Crippen LogP contribution in [0.4, 0.5) is 18.9 Å². The van der Waals surface area contributed by atoms with Crippen molar-refractivity contribution in [3.63, 3.8) is 0 Å². The maximum Gasteiger partial charge on any atom is 0.185 e. The summed E-state index contributed by atoms with van der Waals surface area (Å²) >= 11 is 0. The first-order valence-corrected chi connectivity index (χ1v) is 6.98. The topological polar surface area (TPSA) is 34.2 Å². The minimum Gasteiger partial charge on any atom is -0.381 e. The van der Waals surface area contributed by atoms with Gasteiger partial charge in [0, 0.05) is 24.1 Å². The van der Waals surface area contributed by atoms with Crippen LogP contribution in [0.15, 0.2) is 6.07 Å². The third-order valence-corrected chi connectivity index (χ3v) is 3.95. The summed E-state index contributed by atoms with van der Waals surface area (Å²) in [4.78, 5) is 4.15. The van der Waals surface area contributed by atoms with Gasteiger partial charge in [0.15, 0.2) is 11.6 Å². The first kappa shape index (κ1) is 12.9. The predicted octanol–water partition coefficient (Wildman–Crippen LogP) is 3.30. The molecule has 1 saturated carbocycles. The Labute approximate surface area is 119 Å². The monoisotopic (exact) mass is 294 g/mol. The molecule has 1 N–H and O–H groups in total. The molecule has 0 atom stereocenters. The van der Waals surface area contributed by atoms with Crippen LogP contribution < -0.4 is 5.32 Å². The number of aromatic nitrogens is 1. The van der Waals surface area contributed by atoms with Gasteiger partial charge in [0.2, 0.25) is 0 Å². The van der Waals surface area contributed by atoms with E-state index in [0.29, 0.717) is 37.1 Å². The summed E-state index contributed by atoms with van der Waals surface area (Å²) in [5, 5.41) is 3.24. The number of rotatable bonds is 2. The zero-order valence-electron chi connectivity index (χ0n) is 11.2. The zero-order chi connectivity index (χ0) is 14.6. The zero-order valence-corrected chi connectivity index (χ0v) is 11.2. The van der Waals surface area contributed by atoms with Crippen molar-refractivity contribution in [2.75, 3.05) is 11.9 Å². The normalized spacial score (nSPS) is 17.9. The Balaban J connectivity index is 2.05. The van der Waals surface area contributed by atoms with Crippen molar-refractivity contribution in [1.82, 2.24) is 4.98 Å². The van der Waals surface area contributed by atoms with Crippen molar-refractivity contribution in [3.8, 4) is 0 Å². The molecule has 2 aliphatic rings. The van der Waals surface area contributed by atoms with E-state index < -0.39 is 17.5 Å². The summed E-state index contributed by atoms with van der Waals surface area (Å²) < 4.78 is 47.1. The van der Waals surface area contributed by atoms with Gasteiger partial charge in [-0.25, -0.2) is 18.2 Å². The molecule has 0 unspecified atom stereocenters. The molecule has 4 rings (SSSR count). The van der Waals surface area contributed by atoms with E-state index in [1.165, 1.54) is 0 Å². The number of nitrogens with zero attached hydrogens (tertiary/aromatic N) is 1. The Hall–Kier alpha value is -1.82. The Kier molecular flexibility index (Phi) is 2.82. The second-order valence-corrected chi connectivity index (χ2v) is 5.51. The minimum absolute atomic E-state index is 0.0186. The first-order valence-electron chi connectivity index (χ1n) is 6.98. The number of fused-ring (bicyclic) bond motifs is 2. The standard InChI is InChI=1S/C15H13F3N2O/c16-9-5-10(17)13(18)15-12(9)14(19-7-1-2-7)8-6-21-4-3-11(8)20-15/h5,7H,1-4,6H2,(H,19,20). The smallest absolute Gasteiger partial charge is 0.185 e. The van der Waals surface area contributed by atoms with Crippen LogP contribution in [0.3, 0.4) is 0 Å². The third-order valence-electron chi connectivity index (χ3n) is 3.95. The first-order chi connectivity index (χ1) is 10.1. The number of ether oxygens (including phenoxy) is 1. The SMILES string of the molecule is Fc1cc(F)c2c(NC3CC3)c3c(nc2c1F)CCOC3. The van der Waals surface area contributed by atoms with Gasteiger partial charge in [-0.3, -0.25) is 0 Å². The number of hydrogen-bond acceptors (Lipinski definition) is 3. The van der Waals surface area contributed by atoms with Crippen LogP contribution in [0.2, 0.25) is 0 Å². The van der Waals surface area contributed by atoms with Crippen LogP contribution in [0.5, 0.6) is 0 Å². The molecule has 0 bridgehead atoms. The van der Waals surface area contributed by atoms with E-state index in [1.807, 2.05) is 0 Å². The van der Waals surface area contributed by atoms with E-state index in [4.69, 9.17) is 4.74 Å². The molecule has 21 heavy (non-hydrogen) atoms. The van der Waals surface area contributed by atoms with Gasteiger partial charge in [-0.05, 0) is 12.8 Å². The van der Waals surface area contributed by atoms with E-state index in [-0.39, 0.29) is 16.9 Å². The van der Waals surface area contributed by atoms with Crippen molar-refractivity contribution in [1.29, 1.82) is 0 Å². The molecule has 1 fully saturated rings. The highest BCUT2D eigenvalue weighted by atomic mass is 19.2. The number of nitrogens with one attached hydrogen (secondary N) is 1. The van der Waals surface area contributed by atoms with Gasteiger partial charge in [0.05, 0.1) is 30.0 Å². The molecule has 1 aliphatic carbocycles. The molecule has 6 heteroatoms. The summed E-state index contributed by atoms with van der Waals surface area (Å²) in [5.41, 5.74) is 1.68. The molecule has 1 aromatic heterocycles. The molecule has 3 nitrogen and oxygen atoms in total. The summed E-state index contributed by atoms with van der Waals surface area (Å²) in [7, 11) is 0. The fraction of sp³-hybridized carbons (Fsp3) is 0.400. The molecule has 0 amide bonds. The van der Waals surface area contributed by atoms with Crippen LogP contribution in [0.1, 0.15) is 24.1 Å². The fourth-order valence-corrected chi connectivity index (χ4v) is 2.72. The molecule has 1 aliphatic heterocycles. The van der Waals surface area contributed by atoms with Gasteiger partial charge in [0.1, 0.15) is 11.3 Å².